The Labute approximate surface area is 133 Å². The minimum atomic E-state index is -0.352. The van der Waals surface area contributed by atoms with Crippen LogP contribution in [0.25, 0.3) is 11.3 Å². The van der Waals surface area contributed by atoms with E-state index in [-0.39, 0.29) is 11.9 Å². The van der Waals surface area contributed by atoms with E-state index in [0.717, 1.165) is 11.3 Å². The maximum Gasteiger partial charge on any atom is 0.269 e. The summed E-state index contributed by atoms with van der Waals surface area (Å²) < 4.78 is 4.67. The van der Waals surface area contributed by atoms with Crippen molar-refractivity contribution in [2.24, 2.45) is 0 Å². The standard InChI is InChI=1S/C16H17N5O2/c1-9-4-5-12(6-10(9)2)13-7-14(20-19-13)16(22)18-11(3)15-17-8-23-21-15/h4-8,11H,1-3H3,(H,18,22)(H,19,20). The molecule has 0 fully saturated rings. The molecule has 2 heterocycles. The van der Waals surface area contributed by atoms with Crippen molar-refractivity contribution in [3.63, 3.8) is 0 Å². The van der Waals surface area contributed by atoms with E-state index in [1.165, 1.54) is 17.5 Å². The second-order valence-corrected chi connectivity index (χ2v) is 5.45. The lowest BCUT2D eigenvalue weighted by molar-refractivity contribution is 0.0933. The summed E-state index contributed by atoms with van der Waals surface area (Å²) in [5.74, 6) is 0.150. The quantitative estimate of drug-likeness (QED) is 0.772. The summed E-state index contributed by atoms with van der Waals surface area (Å²) in [5, 5.41) is 13.5. The van der Waals surface area contributed by atoms with Gasteiger partial charge in [0.15, 0.2) is 5.82 Å². The first-order valence-corrected chi connectivity index (χ1v) is 7.25. The molecule has 1 atom stereocenters. The molecule has 0 radical (unpaired) electrons. The Hall–Kier alpha value is -2.96. The van der Waals surface area contributed by atoms with Crippen LogP contribution in [-0.4, -0.2) is 26.2 Å². The maximum atomic E-state index is 12.2. The van der Waals surface area contributed by atoms with Gasteiger partial charge in [-0.1, -0.05) is 17.3 Å². The molecule has 23 heavy (non-hydrogen) atoms. The first-order valence-electron chi connectivity index (χ1n) is 7.25. The molecule has 3 aromatic rings. The van der Waals surface area contributed by atoms with Crippen molar-refractivity contribution in [3.8, 4) is 11.3 Å². The van der Waals surface area contributed by atoms with Crippen LogP contribution in [-0.2, 0) is 0 Å². The number of nitrogens with zero attached hydrogens (tertiary/aromatic N) is 3. The summed E-state index contributed by atoms with van der Waals surface area (Å²) in [4.78, 5) is 16.2. The molecule has 0 spiro atoms. The van der Waals surface area contributed by atoms with Crippen molar-refractivity contribution >= 4 is 5.91 Å². The van der Waals surface area contributed by atoms with Gasteiger partial charge in [0.2, 0.25) is 6.39 Å². The van der Waals surface area contributed by atoms with Gasteiger partial charge < -0.3 is 9.84 Å². The molecule has 0 aliphatic heterocycles. The third kappa shape index (κ3) is 3.13. The Morgan fingerprint density at radius 3 is 2.78 bits per heavy atom. The van der Waals surface area contributed by atoms with Gasteiger partial charge in [-0.05, 0) is 44.0 Å². The van der Waals surface area contributed by atoms with Crippen molar-refractivity contribution in [2.45, 2.75) is 26.8 Å². The highest BCUT2D eigenvalue weighted by atomic mass is 16.5. The minimum absolute atomic E-state index is 0.273. The predicted molar refractivity (Wildman–Crippen MR) is 83.7 cm³/mol. The van der Waals surface area contributed by atoms with Gasteiger partial charge in [0, 0.05) is 5.56 Å². The number of H-pyrrole nitrogens is 1. The van der Waals surface area contributed by atoms with E-state index in [9.17, 15) is 4.79 Å². The summed E-state index contributed by atoms with van der Waals surface area (Å²) in [6.45, 7) is 5.89. The van der Waals surface area contributed by atoms with E-state index in [4.69, 9.17) is 0 Å². The highest BCUT2D eigenvalue weighted by Crippen LogP contribution is 2.21. The van der Waals surface area contributed by atoms with Gasteiger partial charge >= 0.3 is 0 Å². The highest BCUT2D eigenvalue weighted by molar-refractivity contribution is 5.93. The molecule has 0 saturated heterocycles. The van der Waals surface area contributed by atoms with Gasteiger partial charge in [-0.3, -0.25) is 9.89 Å². The number of aromatic amines is 1. The molecule has 0 aliphatic rings. The fourth-order valence-corrected chi connectivity index (χ4v) is 2.20. The number of benzene rings is 1. The fourth-order valence-electron chi connectivity index (χ4n) is 2.20. The molecule has 1 unspecified atom stereocenters. The molecular weight excluding hydrogens is 294 g/mol. The normalized spacial score (nSPS) is 12.1. The lowest BCUT2D eigenvalue weighted by Gasteiger charge is -2.08. The van der Waals surface area contributed by atoms with Crippen molar-refractivity contribution in [2.75, 3.05) is 0 Å². The van der Waals surface area contributed by atoms with Gasteiger partial charge in [-0.15, -0.1) is 0 Å². The largest absolute Gasteiger partial charge is 0.343 e. The second-order valence-electron chi connectivity index (χ2n) is 5.45. The monoisotopic (exact) mass is 311 g/mol. The predicted octanol–water partition coefficient (Wildman–Crippen LogP) is 2.57. The van der Waals surface area contributed by atoms with E-state index in [2.05, 4.69) is 43.2 Å². The number of aryl methyl sites for hydroxylation is 2. The number of amides is 1. The highest BCUT2D eigenvalue weighted by Gasteiger charge is 2.17. The Morgan fingerprint density at radius 2 is 2.09 bits per heavy atom. The molecule has 2 aromatic heterocycles. The van der Waals surface area contributed by atoms with Crippen molar-refractivity contribution in [3.05, 3.63) is 53.3 Å². The number of hydrogen-bond donors (Lipinski definition) is 2. The van der Waals surface area contributed by atoms with Crippen LogP contribution in [0.3, 0.4) is 0 Å². The van der Waals surface area contributed by atoms with Crippen LogP contribution >= 0.6 is 0 Å². The summed E-state index contributed by atoms with van der Waals surface area (Å²) in [6.07, 6.45) is 1.23. The van der Waals surface area contributed by atoms with Crippen LogP contribution in [0.1, 0.15) is 40.4 Å². The van der Waals surface area contributed by atoms with Crippen LogP contribution in [0.2, 0.25) is 0 Å². The first-order chi connectivity index (χ1) is 11.0. The Kier molecular flexibility index (Phi) is 3.92. The van der Waals surface area contributed by atoms with E-state index in [1.54, 1.807) is 13.0 Å². The molecule has 1 aromatic carbocycles. The number of carbonyl (C=O) groups is 1. The van der Waals surface area contributed by atoms with E-state index in [1.807, 2.05) is 19.1 Å². The van der Waals surface area contributed by atoms with Crippen molar-refractivity contribution in [1.82, 2.24) is 25.7 Å². The smallest absolute Gasteiger partial charge is 0.269 e. The summed E-state index contributed by atoms with van der Waals surface area (Å²) in [5.41, 5.74) is 4.48. The van der Waals surface area contributed by atoms with Crippen molar-refractivity contribution in [1.29, 1.82) is 0 Å². The molecule has 118 valence electrons. The zero-order chi connectivity index (χ0) is 16.4. The Bertz CT molecular complexity index is 823. The zero-order valence-corrected chi connectivity index (χ0v) is 13.1. The summed E-state index contributed by atoms with van der Waals surface area (Å²) >= 11 is 0. The molecule has 0 saturated carbocycles. The van der Waals surface area contributed by atoms with E-state index >= 15 is 0 Å². The minimum Gasteiger partial charge on any atom is -0.343 e. The average molecular weight is 311 g/mol. The molecule has 0 bridgehead atoms. The number of rotatable bonds is 4. The van der Waals surface area contributed by atoms with Crippen LogP contribution in [0, 0.1) is 13.8 Å². The zero-order valence-electron chi connectivity index (χ0n) is 13.1. The molecule has 2 N–H and O–H groups in total. The van der Waals surface area contributed by atoms with Crippen LogP contribution in [0.4, 0.5) is 0 Å². The molecule has 3 rings (SSSR count). The Balaban J connectivity index is 1.76. The molecule has 0 aliphatic carbocycles. The number of carbonyl (C=O) groups excluding carboxylic acids is 1. The van der Waals surface area contributed by atoms with Gasteiger partial charge in [-0.25, -0.2) is 0 Å². The van der Waals surface area contributed by atoms with Crippen LogP contribution < -0.4 is 5.32 Å². The molecule has 7 nitrogen and oxygen atoms in total. The van der Waals surface area contributed by atoms with Crippen LogP contribution in [0.5, 0.6) is 0 Å². The van der Waals surface area contributed by atoms with Gasteiger partial charge in [0.1, 0.15) is 5.69 Å². The molecular formula is C16H17N5O2. The molecule has 7 heteroatoms. The SMILES string of the molecule is Cc1ccc(-c2cc(C(=O)NC(C)c3ncon3)[nH]n2)cc1C. The third-order valence-corrected chi connectivity index (χ3v) is 3.74. The first kappa shape index (κ1) is 15.0. The van der Waals surface area contributed by atoms with Crippen LogP contribution in [0.15, 0.2) is 35.2 Å². The number of aromatic nitrogens is 4. The average Bonchev–Trinajstić information content (AvgIpc) is 3.21. The summed E-state index contributed by atoms with van der Waals surface area (Å²) in [7, 11) is 0. The fraction of sp³-hybridized carbons (Fsp3) is 0.250. The van der Waals surface area contributed by atoms with Gasteiger partial charge in [0.25, 0.3) is 5.91 Å². The van der Waals surface area contributed by atoms with Gasteiger partial charge in [-0.2, -0.15) is 10.1 Å². The lowest BCUT2D eigenvalue weighted by Crippen LogP contribution is -2.27. The van der Waals surface area contributed by atoms with E-state index in [0.29, 0.717) is 11.5 Å². The third-order valence-electron chi connectivity index (χ3n) is 3.74. The summed E-state index contributed by atoms with van der Waals surface area (Å²) in [6, 6.07) is 7.45. The van der Waals surface area contributed by atoms with Crippen molar-refractivity contribution < 1.29 is 9.32 Å². The van der Waals surface area contributed by atoms with Gasteiger partial charge in [0.05, 0.1) is 11.7 Å². The topological polar surface area (TPSA) is 96.7 Å². The second kappa shape index (κ2) is 6.04. The lowest BCUT2D eigenvalue weighted by atomic mass is 10.0. The Morgan fingerprint density at radius 1 is 1.26 bits per heavy atom. The number of hydrogen-bond acceptors (Lipinski definition) is 5. The number of nitrogens with one attached hydrogen (secondary N) is 2. The molecule has 1 amide bonds. The maximum absolute atomic E-state index is 12.2. The van der Waals surface area contributed by atoms with E-state index < -0.39 is 0 Å².